The standard InChI is InChI=1S/C20H20N2O3/c23-17-10-19-3-1-6-21-7-2-13-12-8-15-16(25-11-24-15)9-14(12)22(17)20(13,5-4-19)18(19)21/h1,3,8-9,13,18H,2,4-7,10-11H2/t13-,18-,19+,20-/m1/s1. The van der Waals surface area contributed by atoms with Gasteiger partial charge in [-0.05, 0) is 37.4 Å². The van der Waals surface area contributed by atoms with Gasteiger partial charge in [-0.15, -0.1) is 0 Å². The van der Waals surface area contributed by atoms with Crippen LogP contribution in [0, 0.1) is 5.41 Å². The van der Waals surface area contributed by atoms with Crippen LogP contribution in [0.1, 0.15) is 37.2 Å². The lowest BCUT2D eigenvalue weighted by Gasteiger charge is -2.59. The minimum Gasteiger partial charge on any atom is -0.454 e. The minimum atomic E-state index is -0.0598. The number of hydrogen-bond donors (Lipinski definition) is 0. The molecule has 1 aromatic rings. The molecular weight excluding hydrogens is 316 g/mol. The zero-order valence-corrected chi connectivity index (χ0v) is 14.0. The summed E-state index contributed by atoms with van der Waals surface area (Å²) in [4.78, 5) is 18.2. The van der Waals surface area contributed by atoms with Crippen LogP contribution < -0.4 is 14.4 Å². The van der Waals surface area contributed by atoms with E-state index in [9.17, 15) is 4.79 Å². The molecule has 5 heterocycles. The molecule has 0 unspecified atom stereocenters. The number of carbonyl (C=O) groups is 1. The molecule has 128 valence electrons. The van der Waals surface area contributed by atoms with E-state index in [0.717, 1.165) is 49.5 Å². The van der Waals surface area contributed by atoms with Crippen LogP contribution in [0.5, 0.6) is 11.5 Å². The monoisotopic (exact) mass is 336 g/mol. The van der Waals surface area contributed by atoms with E-state index in [0.29, 0.717) is 24.3 Å². The second-order valence-electron chi connectivity index (χ2n) is 8.54. The quantitative estimate of drug-likeness (QED) is 0.683. The Kier molecular flexibility index (Phi) is 2.05. The first-order chi connectivity index (χ1) is 12.2. The maximum atomic E-state index is 13.3. The summed E-state index contributed by atoms with van der Waals surface area (Å²) >= 11 is 0. The highest BCUT2D eigenvalue weighted by molar-refractivity contribution is 6.01. The Labute approximate surface area is 146 Å². The van der Waals surface area contributed by atoms with E-state index in [4.69, 9.17) is 9.47 Å². The molecule has 5 aliphatic heterocycles. The van der Waals surface area contributed by atoms with Gasteiger partial charge in [0.15, 0.2) is 11.5 Å². The van der Waals surface area contributed by atoms with Crippen LogP contribution in [0.4, 0.5) is 5.69 Å². The molecule has 1 amide bonds. The summed E-state index contributed by atoms with van der Waals surface area (Å²) in [6, 6.07) is 4.69. The number of rotatable bonds is 0. The molecule has 1 aromatic carbocycles. The molecule has 5 heteroatoms. The summed E-state index contributed by atoms with van der Waals surface area (Å²) in [5.41, 5.74) is 2.40. The second kappa shape index (κ2) is 3.88. The van der Waals surface area contributed by atoms with E-state index in [1.165, 1.54) is 5.56 Å². The van der Waals surface area contributed by atoms with Crippen molar-refractivity contribution in [3.05, 3.63) is 29.8 Å². The number of nitrogens with zero attached hydrogens (tertiary/aromatic N) is 2. The van der Waals surface area contributed by atoms with Gasteiger partial charge in [0, 0.05) is 36.4 Å². The predicted octanol–water partition coefficient (Wildman–Crippen LogP) is 2.41. The van der Waals surface area contributed by atoms with E-state index in [2.05, 4.69) is 34.1 Å². The number of amides is 1. The third-order valence-corrected chi connectivity index (χ3v) is 7.76. The first kappa shape index (κ1) is 13.2. The molecule has 0 N–H and O–H groups in total. The Hall–Kier alpha value is -2.01. The van der Waals surface area contributed by atoms with E-state index in [-0.39, 0.29) is 17.7 Å². The molecular formula is C20H20N2O3. The summed E-state index contributed by atoms with van der Waals surface area (Å²) in [5.74, 6) is 2.36. The van der Waals surface area contributed by atoms with Gasteiger partial charge < -0.3 is 14.4 Å². The van der Waals surface area contributed by atoms with Crippen molar-refractivity contribution >= 4 is 11.6 Å². The summed E-state index contributed by atoms with van der Waals surface area (Å²) in [6.45, 7) is 2.44. The predicted molar refractivity (Wildman–Crippen MR) is 90.9 cm³/mol. The van der Waals surface area contributed by atoms with Gasteiger partial charge in [0.05, 0.1) is 11.2 Å². The summed E-state index contributed by atoms with van der Waals surface area (Å²) in [6.07, 6.45) is 8.69. The number of benzene rings is 1. The zero-order chi connectivity index (χ0) is 16.4. The number of fused-ring (bicyclic) bond motifs is 4. The molecule has 2 bridgehead atoms. The largest absolute Gasteiger partial charge is 0.454 e. The average molecular weight is 336 g/mol. The molecule has 3 fully saturated rings. The van der Waals surface area contributed by atoms with Crippen LogP contribution in [0.2, 0.25) is 0 Å². The van der Waals surface area contributed by atoms with Gasteiger partial charge in [-0.3, -0.25) is 9.69 Å². The Bertz CT molecular complexity index is 880. The third-order valence-electron chi connectivity index (χ3n) is 7.76. The summed E-state index contributed by atoms with van der Waals surface area (Å²) in [7, 11) is 0. The fourth-order valence-electron chi connectivity index (χ4n) is 7.15. The van der Waals surface area contributed by atoms with Crippen LogP contribution in [0.15, 0.2) is 24.3 Å². The Morgan fingerprint density at radius 2 is 2.04 bits per heavy atom. The molecule has 6 aliphatic rings. The van der Waals surface area contributed by atoms with Crippen LogP contribution in [-0.4, -0.2) is 42.3 Å². The fourth-order valence-corrected chi connectivity index (χ4v) is 7.15. The fraction of sp³-hybridized carbons (Fsp3) is 0.550. The highest BCUT2D eigenvalue weighted by Gasteiger charge is 2.73. The highest BCUT2D eigenvalue weighted by atomic mass is 16.7. The van der Waals surface area contributed by atoms with Gasteiger partial charge in [-0.2, -0.15) is 0 Å². The molecule has 7 rings (SSSR count). The minimum absolute atomic E-state index is 0.0578. The van der Waals surface area contributed by atoms with Crippen molar-refractivity contribution in [3.63, 3.8) is 0 Å². The Balaban J connectivity index is 1.52. The van der Waals surface area contributed by atoms with E-state index >= 15 is 0 Å². The van der Waals surface area contributed by atoms with Gasteiger partial charge in [-0.25, -0.2) is 0 Å². The maximum Gasteiger partial charge on any atom is 0.231 e. The van der Waals surface area contributed by atoms with Crippen molar-refractivity contribution in [1.82, 2.24) is 4.90 Å². The van der Waals surface area contributed by atoms with Gasteiger partial charge in [0.25, 0.3) is 0 Å². The van der Waals surface area contributed by atoms with Crippen molar-refractivity contribution < 1.29 is 14.3 Å². The lowest BCUT2D eigenvalue weighted by molar-refractivity contribution is -0.127. The molecule has 25 heavy (non-hydrogen) atoms. The smallest absolute Gasteiger partial charge is 0.231 e. The molecule has 4 atom stereocenters. The van der Waals surface area contributed by atoms with E-state index < -0.39 is 0 Å². The number of piperidine rings is 2. The molecule has 2 saturated heterocycles. The van der Waals surface area contributed by atoms with Gasteiger partial charge in [0.1, 0.15) is 0 Å². The van der Waals surface area contributed by atoms with Gasteiger partial charge >= 0.3 is 0 Å². The van der Waals surface area contributed by atoms with Crippen molar-refractivity contribution in [2.24, 2.45) is 5.41 Å². The van der Waals surface area contributed by atoms with Crippen molar-refractivity contribution in [1.29, 1.82) is 0 Å². The number of carbonyl (C=O) groups excluding carboxylic acids is 1. The lowest BCUT2D eigenvalue weighted by Crippen LogP contribution is -2.72. The molecule has 0 aromatic heterocycles. The van der Waals surface area contributed by atoms with Gasteiger partial charge in [0.2, 0.25) is 12.7 Å². The molecule has 0 radical (unpaired) electrons. The normalized spacial score (nSPS) is 41.9. The average Bonchev–Trinajstić information content (AvgIpc) is 3.25. The molecule has 1 saturated carbocycles. The number of anilines is 1. The number of ether oxygens (including phenoxy) is 2. The van der Waals surface area contributed by atoms with Crippen LogP contribution in [-0.2, 0) is 4.79 Å². The number of hydrogen-bond acceptors (Lipinski definition) is 4. The molecule has 1 spiro atoms. The first-order valence-corrected chi connectivity index (χ1v) is 9.41. The topological polar surface area (TPSA) is 42.0 Å². The zero-order valence-electron chi connectivity index (χ0n) is 14.0. The van der Waals surface area contributed by atoms with Crippen molar-refractivity contribution in [2.75, 3.05) is 24.8 Å². The van der Waals surface area contributed by atoms with Gasteiger partial charge in [-0.1, -0.05) is 12.2 Å². The first-order valence-electron chi connectivity index (χ1n) is 9.41. The Morgan fingerprint density at radius 3 is 2.96 bits per heavy atom. The lowest BCUT2D eigenvalue weighted by atomic mass is 9.63. The third kappa shape index (κ3) is 1.25. The second-order valence-corrected chi connectivity index (χ2v) is 8.54. The van der Waals surface area contributed by atoms with E-state index in [1.807, 2.05) is 0 Å². The van der Waals surface area contributed by atoms with Crippen LogP contribution >= 0.6 is 0 Å². The summed E-state index contributed by atoms with van der Waals surface area (Å²) in [5, 5.41) is 0. The molecule has 5 nitrogen and oxygen atoms in total. The van der Waals surface area contributed by atoms with E-state index in [1.54, 1.807) is 0 Å². The van der Waals surface area contributed by atoms with Crippen molar-refractivity contribution in [3.8, 4) is 11.5 Å². The van der Waals surface area contributed by atoms with Crippen LogP contribution in [0.3, 0.4) is 0 Å². The maximum absolute atomic E-state index is 13.3. The van der Waals surface area contributed by atoms with Crippen LogP contribution in [0.25, 0.3) is 0 Å². The SMILES string of the molecule is O=C1C[C@]23C=CCN4CC[C@@H]5c6cc7c(cc6N1[C@@]5(CC2)[C@H]43)OCO7. The van der Waals surface area contributed by atoms with Crippen molar-refractivity contribution in [2.45, 2.75) is 43.2 Å². The highest BCUT2D eigenvalue weighted by Crippen LogP contribution is 2.69. The summed E-state index contributed by atoms with van der Waals surface area (Å²) < 4.78 is 11.3. The Morgan fingerprint density at radius 1 is 1.16 bits per heavy atom. The molecule has 1 aliphatic carbocycles.